The van der Waals surface area contributed by atoms with Gasteiger partial charge >= 0.3 is 5.97 Å². The lowest BCUT2D eigenvalue weighted by Gasteiger charge is -2.27. The van der Waals surface area contributed by atoms with Gasteiger partial charge in [0.2, 0.25) is 0 Å². The molecule has 1 N–H and O–H groups in total. The fourth-order valence-corrected chi connectivity index (χ4v) is 4.35. The van der Waals surface area contributed by atoms with E-state index in [-0.39, 0.29) is 11.3 Å². The first-order chi connectivity index (χ1) is 9.58. The molecule has 1 aliphatic heterocycles. The van der Waals surface area contributed by atoms with Gasteiger partial charge in [-0.25, -0.2) is 9.78 Å². The maximum absolute atomic E-state index is 12.6. The Hall–Kier alpha value is -1.08. The molecule has 3 rings (SSSR count). The van der Waals surface area contributed by atoms with Crippen molar-refractivity contribution < 1.29 is 14.7 Å². The summed E-state index contributed by atoms with van der Waals surface area (Å²) in [7, 11) is 0. The summed E-state index contributed by atoms with van der Waals surface area (Å²) in [5.41, 5.74) is 0.291. The van der Waals surface area contributed by atoms with Gasteiger partial charge in [0.25, 0.3) is 5.91 Å². The van der Waals surface area contributed by atoms with E-state index in [9.17, 15) is 14.7 Å². The van der Waals surface area contributed by atoms with Gasteiger partial charge in [0.05, 0.1) is 5.37 Å². The van der Waals surface area contributed by atoms with Crippen molar-refractivity contribution in [2.45, 2.75) is 24.3 Å². The number of halogens is 1. The molecule has 0 bridgehead atoms. The number of thioether (sulfide) groups is 1. The maximum Gasteiger partial charge on any atom is 0.327 e. The van der Waals surface area contributed by atoms with Gasteiger partial charge in [-0.2, -0.15) is 0 Å². The van der Waals surface area contributed by atoms with E-state index in [2.05, 4.69) is 20.9 Å². The van der Waals surface area contributed by atoms with Gasteiger partial charge in [0.1, 0.15) is 16.3 Å². The molecule has 0 spiro atoms. The molecule has 5 nitrogen and oxygen atoms in total. The highest BCUT2D eigenvalue weighted by atomic mass is 79.9. The van der Waals surface area contributed by atoms with Crippen LogP contribution in [0, 0.1) is 5.92 Å². The van der Waals surface area contributed by atoms with Crippen LogP contribution in [0.15, 0.2) is 22.8 Å². The molecule has 2 unspecified atom stereocenters. The van der Waals surface area contributed by atoms with Gasteiger partial charge in [-0.1, -0.05) is 6.07 Å². The average Bonchev–Trinajstić information content (AvgIpc) is 3.16. The Kier molecular flexibility index (Phi) is 3.72. The fraction of sp³-hybridized carbons (Fsp3) is 0.462. The summed E-state index contributed by atoms with van der Waals surface area (Å²) in [5, 5.41) is 9.29. The number of hydrogen-bond donors (Lipinski definition) is 1. The number of carboxylic acid groups (broad SMARTS) is 1. The number of hydrogen-bond acceptors (Lipinski definition) is 4. The van der Waals surface area contributed by atoms with Gasteiger partial charge in [-0.05, 0) is 46.8 Å². The Morgan fingerprint density at radius 2 is 2.15 bits per heavy atom. The van der Waals surface area contributed by atoms with Crippen LogP contribution in [0.25, 0.3) is 0 Å². The van der Waals surface area contributed by atoms with Gasteiger partial charge in [0.15, 0.2) is 0 Å². The van der Waals surface area contributed by atoms with Crippen molar-refractivity contribution >= 4 is 39.6 Å². The Morgan fingerprint density at radius 1 is 1.40 bits per heavy atom. The van der Waals surface area contributed by atoms with Crippen molar-refractivity contribution in [2.24, 2.45) is 5.92 Å². The highest BCUT2D eigenvalue weighted by Crippen LogP contribution is 2.45. The number of carbonyl (C=O) groups is 2. The summed E-state index contributed by atoms with van der Waals surface area (Å²) in [6.07, 6.45) is 2.14. The number of carbonyl (C=O) groups excluding carboxylic acids is 1. The maximum atomic E-state index is 12.6. The van der Waals surface area contributed by atoms with E-state index >= 15 is 0 Å². The summed E-state index contributed by atoms with van der Waals surface area (Å²) in [6, 6.07) is 4.34. The molecule has 2 atom stereocenters. The molecule has 0 aromatic carbocycles. The van der Waals surface area contributed by atoms with Crippen molar-refractivity contribution in [3.05, 3.63) is 28.5 Å². The van der Waals surface area contributed by atoms with Crippen LogP contribution < -0.4 is 0 Å². The lowest BCUT2D eigenvalue weighted by atomic mass is 10.2. The lowest BCUT2D eigenvalue weighted by molar-refractivity contribution is -0.141. The molecule has 7 heteroatoms. The van der Waals surface area contributed by atoms with Crippen LogP contribution in [0.1, 0.15) is 23.3 Å². The zero-order chi connectivity index (χ0) is 14.3. The molecule has 1 aromatic heterocycles. The van der Waals surface area contributed by atoms with Crippen molar-refractivity contribution in [2.75, 3.05) is 5.75 Å². The van der Waals surface area contributed by atoms with Gasteiger partial charge < -0.3 is 10.0 Å². The second-order valence-electron chi connectivity index (χ2n) is 4.97. The van der Waals surface area contributed by atoms with Gasteiger partial charge in [-0.3, -0.25) is 4.79 Å². The Morgan fingerprint density at radius 3 is 2.75 bits per heavy atom. The monoisotopic (exact) mass is 356 g/mol. The molecule has 1 aromatic rings. The summed E-state index contributed by atoms with van der Waals surface area (Å²) in [5.74, 6) is -0.346. The third-order valence-corrected chi connectivity index (χ3v) is 5.42. The zero-order valence-corrected chi connectivity index (χ0v) is 12.9. The summed E-state index contributed by atoms with van der Waals surface area (Å²) >= 11 is 4.81. The van der Waals surface area contributed by atoms with Crippen LogP contribution in [0.4, 0.5) is 0 Å². The van der Waals surface area contributed by atoms with E-state index in [4.69, 9.17) is 0 Å². The highest BCUT2D eigenvalue weighted by Gasteiger charge is 2.48. The minimum atomic E-state index is -0.941. The Labute approximate surface area is 128 Å². The summed E-state index contributed by atoms with van der Waals surface area (Å²) < 4.78 is 0.574. The zero-order valence-electron chi connectivity index (χ0n) is 10.5. The first-order valence-electron chi connectivity index (χ1n) is 6.37. The quantitative estimate of drug-likeness (QED) is 0.840. The second-order valence-corrected chi connectivity index (χ2v) is 6.94. The second kappa shape index (κ2) is 5.37. The SMILES string of the molecule is O=C(O)C1CSC(C2CC2)N1C(=O)c1cccc(Br)n1. The molecule has 0 radical (unpaired) electrons. The number of pyridine rings is 1. The van der Waals surface area contributed by atoms with E-state index in [0.717, 1.165) is 12.8 Å². The molecule has 2 heterocycles. The molecule has 20 heavy (non-hydrogen) atoms. The largest absolute Gasteiger partial charge is 0.480 e. The number of carboxylic acids is 1. The Bertz CT molecular complexity index is 564. The van der Waals surface area contributed by atoms with Crippen LogP contribution in [0.5, 0.6) is 0 Å². The van der Waals surface area contributed by atoms with E-state index in [1.54, 1.807) is 30.0 Å². The molecule has 2 aliphatic rings. The van der Waals surface area contributed by atoms with Crippen molar-refractivity contribution in [1.82, 2.24) is 9.88 Å². The first kappa shape index (κ1) is 13.9. The molecule has 1 saturated carbocycles. The molecule has 1 amide bonds. The topological polar surface area (TPSA) is 70.5 Å². The third-order valence-electron chi connectivity index (χ3n) is 3.51. The number of nitrogens with zero attached hydrogens (tertiary/aromatic N) is 2. The number of rotatable bonds is 3. The van der Waals surface area contributed by atoms with Crippen molar-refractivity contribution in [3.8, 4) is 0 Å². The van der Waals surface area contributed by atoms with Crippen LogP contribution in [0.3, 0.4) is 0 Å². The minimum absolute atomic E-state index is 0.0237. The van der Waals surface area contributed by atoms with Gasteiger partial charge in [-0.15, -0.1) is 11.8 Å². The van der Waals surface area contributed by atoms with Crippen molar-refractivity contribution in [1.29, 1.82) is 0 Å². The standard InChI is InChI=1S/C13H13BrN2O3S/c14-10-3-1-2-8(15-10)11(17)16-9(13(18)19)6-20-12(16)7-4-5-7/h1-3,7,9,12H,4-6H2,(H,18,19). The summed E-state index contributed by atoms with van der Waals surface area (Å²) in [6.45, 7) is 0. The fourth-order valence-electron chi connectivity index (χ4n) is 2.38. The van der Waals surface area contributed by atoms with Crippen LogP contribution >= 0.6 is 27.7 Å². The van der Waals surface area contributed by atoms with Crippen LogP contribution in [-0.2, 0) is 4.79 Å². The highest BCUT2D eigenvalue weighted by molar-refractivity contribution is 9.10. The molecule has 2 fully saturated rings. The molecule has 1 aliphatic carbocycles. The normalized spacial score (nSPS) is 25.8. The first-order valence-corrected chi connectivity index (χ1v) is 8.21. The molecule has 106 valence electrons. The number of aromatic nitrogens is 1. The summed E-state index contributed by atoms with van der Waals surface area (Å²) in [4.78, 5) is 29.7. The third kappa shape index (κ3) is 2.56. The van der Waals surface area contributed by atoms with Crippen LogP contribution in [0.2, 0.25) is 0 Å². The smallest absolute Gasteiger partial charge is 0.327 e. The Balaban J connectivity index is 1.90. The lowest BCUT2D eigenvalue weighted by Crippen LogP contribution is -2.46. The predicted molar refractivity (Wildman–Crippen MR) is 78.5 cm³/mol. The number of amides is 1. The van der Waals surface area contributed by atoms with E-state index in [0.29, 0.717) is 22.0 Å². The molecular weight excluding hydrogens is 344 g/mol. The van der Waals surface area contributed by atoms with Crippen LogP contribution in [-0.4, -0.2) is 44.0 Å². The van der Waals surface area contributed by atoms with Gasteiger partial charge in [0, 0.05) is 5.75 Å². The van der Waals surface area contributed by atoms with E-state index in [1.807, 2.05) is 0 Å². The average molecular weight is 357 g/mol. The molecular formula is C13H13BrN2O3S. The minimum Gasteiger partial charge on any atom is -0.480 e. The molecule has 1 saturated heterocycles. The number of aliphatic carboxylic acids is 1. The predicted octanol–water partition coefficient (Wildman–Crippen LogP) is 2.22. The van der Waals surface area contributed by atoms with Crippen molar-refractivity contribution in [3.63, 3.8) is 0 Å². The van der Waals surface area contributed by atoms with E-state index in [1.165, 1.54) is 4.90 Å². The van der Waals surface area contributed by atoms with E-state index < -0.39 is 12.0 Å².